The summed E-state index contributed by atoms with van der Waals surface area (Å²) in [5, 5.41) is 12.3. The number of benzene rings is 6. The van der Waals surface area contributed by atoms with Crippen molar-refractivity contribution in [2.24, 2.45) is 0 Å². The molecule has 5 N–H and O–H groups in total. The van der Waals surface area contributed by atoms with Gasteiger partial charge < -0.3 is 21.3 Å². The van der Waals surface area contributed by atoms with E-state index in [2.05, 4.69) is 37.3 Å². The highest BCUT2D eigenvalue weighted by atomic mass is 16.5. The van der Waals surface area contributed by atoms with Crippen LogP contribution >= 0.6 is 0 Å². The quantitative estimate of drug-likeness (QED) is 0.161. The van der Waals surface area contributed by atoms with Gasteiger partial charge in [0.25, 0.3) is 0 Å². The summed E-state index contributed by atoms with van der Waals surface area (Å²) in [4.78, 5) is 0. The first-order valence-electron chi connectivity index (χ1n) is 14.5. The van der Waals surface area contributed by atoms with Crippen molar-refractivity contribution in [3.05, 3.63) is 133 Å². The third kappa shape index (κ3) is 5.43. The van der Waals surface area contributed by atoms with Crippen LogP contribution in [0.25, 0.3) is 55.6 Å². The molecule has 0 unspecified atom stereocenters. The largest absolute Gasteiger partial charge is 0.504 e. The van der Waals surface area contributed by atoms with Gasteiger partial charge in [0.15, 0.2) is 11.5 Å². The summed E-state index contributed by atoms with van der Waals surface area (Å²) in [7, 11) is 0. The van der Waals surface area contributed by atoms with E-state index in [4.69, 9.17) is 16.2 Å². The highest BCUT2D eigenvalue weighted by Gasteiger charge is 2.29. The van der Waals surface area contributed by atoms with E-state index in [9.17, 15) is 5.11 Å². The van der Waals surface area contributed by atoms with Crippen molar-refractivity contribution in [1.29, 1.82) is 0 Å². The van der Waals surface area contributed by atoms with Crippen molar-refractivity contribution in [3.8, 4) is 67.1 Å². The zero-order valence-electron chi connectivity index (χ0n) is 24.1. The van der Waals surface area contributed by atoms with Crippen molar-refractivity contribution < 1.29 is 9.84 Å². The molecule has 0 aliphatic carbocycles. The highest BCUT2D eigenvalue weighted by Crippen LogP contribution is 2.56. The van der Waals surface area contributed by atoms with Crippen molar-refractivity contribution in [1.82, 2.24) is 0 Å². The van der Waals surface area contributed by atoms with E-state index in [-0.39, 0.29) is 5.75 Å². The molecule has 212 valence electrons. The second-order valence-electron chi connectivity index (χ2n) is 10.5. The molecule has 0 saturated carbocycles. The summed E-state index contributed by atoms with van der Waals surface area (Å²) in [6.45, 7) is 2.49. The standard InChI is InChI=1S/C39H34N2O2/c1-2-24-43-39-37(32-25-30(20-23-33(32)41)26-18-21-31(40)22-19-26)35(28-14-8-4-9-15-28)34(27-12-6-3-7-13-27)36(38(39)42)29-16-10-5-11-17-29/h3-23,25,42H,2,24,40-41H2,1H3. The Morgan fingerprint density at radius 3 is 1.56 bits per heavy atom. The Labute approximate surface area is 252 Å². The van der Waals surface area contributed by atoms with E-state index in [1.165, 1.54) is 0 Å². The maximum absolute atomic E-state index is 12.3. The predicted octanol–water partition coefficient (Wildman–Crippen LogP) is 9.68. The van der Waals surface area contributed by atoms with Crippen molar-refractivity contribution in [2.45, 2.75) is 13.3 Å². The molecule has 0 bridgehead atoms. The van der Waals surface area contributed by atoms with Gasteiger partial charge in [-0.05, 0) is 58.5 Å². The van der Waals surface area contributed by atoms with E-state index in [1.807, 2.05) is 103 Å². The van der Waals surface area contributed by atoms with Crippen LogP contribution in [0.4, 0.5) is 11.4 Å². The van der Waals surface area contributed by atoms with Gasteiger partial charge in [-0.3, -0.25) is 0 Å². The molecule has 0 radical (unpaired) electrons. The van der Waals surface area contributed by atoms with Crippen LogP contribution < -0.4 is 16.2 Å². The monoisotopic (exact) mass is 562 g/mol. The fraction of sp³-hybridized carbons (Fsp3) is 0.0769. The van der Waals surface area contributed by atoms with Crippen LogP contribution in [0, 0.1) is 0 Å². The molecule has 0 heterocycles. The minimum Gasteiger partial charge on any atom is -0.504 e. The second kappa shape index (κ2) is 12.2. The lowest BCUT2D eigenvalue weighted by Gasteiger charge is -2.26. The molecule has 0 aliphatic heterocycles. The van der Waals surface area contributed by atoms with Crippen LogP contribution in [0.1, 0.15) is 13.3 Å². The fourth-order valence-corrected chi connectivity index (χ4v) is 5.62. The Balaban J connectivity index is 1.79. The molecule has 6 aromatic rings. The van der Waals surface area contributed by atoms with Gasteiger partial charge in [-0.1, -0.05) is 116 Å². The summed E-state index contributed by atoms with van der Waals surface area (Å²) in [5.41, 5.74) is 23.0. The third-order valence-electron chi connectivity index (χ3n) is 7.63. The van der Waals surface area contributed by atoms with Gasteiger partial charge in [0, 0.05) is 39.2 Å². The topological polar surface area (TPSA) is 81.5 Å². The number of nitrogens with two attached hydrogens (primary N) is 2. The van der Waals surface area contributed by atoms with Crippen molar-refractivity contribution in [2.75, 3.05) is 18.1 Å². The van der Waals surface area contributed by atoms with Crippen molar-refractivity contribution >= 4 is 11.4 Å². The average molecular weight is 563 g/mol. The lowest BCUT2D eigenvalue weighted by molar-refractivity contribution is 0.301. The Morgan fingerprint density at radius 1 is 0.535 bits per heavy atom. The van der Waals surface area contributed by atoms with Crippen LogP contribution in [0.2, 0.25) is 0 Å². The lowest BCUT2D eigenvalue weighted by Crippen LogP contribution is -2.04. The number of ether oxygens (including phenoxy) is 1. The molecular weight excluding hydrogens is 528 g/mol. The minimum absolute atomic E-state index is 0.0884. The SMILES string of the molecule is CCCOc1c(O)c(-c2ccccc2)c(-c2ccccc2)c(-c2ccccc2)c1-c1cc(-c2ccc(N)cc2)ccc1N. The fourth-order valence-electron chi connectivity index (χ4n) is 5.62. The number of phenols is 1. The lowest BCUT2D eigenvalue weighted by atomic mass is 9.81. The number of hydrogen-bond acceptors (Lipinski definition) is 4. The first kappa shape index (κ1) is 27.7. The molecule has 4 nitrogen and oxygen atoms in total. The molecule has 0 spiro atoms. The maximum atomic E-state index is 12.3. The molecule has 6 rings (SSSR count). The highest BCUT2D eigenvalue weighted by molar-refractivity contribution is 6.08. The number of hydrogen-bond donors (Lipinski definition) is 3. The molecule has 0 aromatic heterocycles. The van der Waals surface area contributed by atoms with Crippen LogP contribution in [0.5, 0.6) is 11.5 Å². The van der Waals surface area contributed by atoms with Gasteiger partial charge >= 0.3 is 0 Å². The van der Waals surface area contributed by atoms with E-state index >= 15 is 0 Å². The van der Waals surface area contributed by atoms with E-state index in [0.29, 0.717) is 29.3 Å². The molecule has 0 aliphatic rings. The van der Waals surface area contributed by atoms with Crippen LogP contribution in [0.15, 0.2) is 133 Å². The first-order chi connectivity index (χ1) is 21.1. The van der Waals surface area contributed by atoms with E-state index in [1.54, 1.807) is 0 Å². The summed E-state index contributed by atoms with van der Waals surface area (Å²) < 4.78 is 6.48. The molecule has 0 atom stereocenters. The van der Waals surface area contributed by atoms with Crippen LogP contribution in [-0.4, -0.2) is 11.7 Å². The summed E-state index contributed by atoms with van der Waals surface area (Å²) in [6.07, 6.45) is 0.779. The number of nitrogen functional groups attached to an aromatic ring is 2. The van der Waals surface area contributed by atoms with Gasteiger partial charge in [0.2, 0.25) is 0 Å². The van der Waals surface area contributed by atoms with Gasteiger partial charge in [-0.15, -0.1) is 0 Å². The molecule has 0 saturated heterocycles. The Hall–Kier alpha value is -5.48. The summed E-state index contributed by atoms with van der Waals surface area (Å²) in [5.74, 6) is 0.505. The second-order valence-corrected chi connectivity index (χ2v) is 10.5. The first-order valence-corrected chi connectivity index (χ1v) is 14.5. The van der Waals surface area contributed by atoms with E-state index < -0.39 is 0 Å². The molecule has 6 aromatic carbocycles. The average Bonchev–Trinajstić information content (AvgIpc) is 3.05. The molecule has 4 heteroatoms. The summed E-state index contributed by atoms with van der Waals surface area (Å²) >= 11 is 0. The van der Waals surface area contributed by atoms with Gasteiger partial charge in [-0.2, -0.15) is 0 Å². The van der Waals surface area contributed by atoms with Gasteiger partial charge in [0.1, 0.15) is 0 Å². The van der Waals surface area contributed by atoms with Gasteiger partial charge in [-0.25, -0.2) is 0 Å². The molecule has 0 fully saturated rings. The number of anilines is 2. The normalized spacial score (nSPS) is 10.9. The zero-order chi connectivity index (χ0) is 29.8. The predicted molar refractivity (Wildman–Crippen MR) is 180 cm³/mol. The zero-order valence-corrected chi connectivity index (χ0v) is 24.1. The number of aromatic hydroxyl groups is 1. The number of phenolic OH excluding ortho intramolecular Hbond substituents is 1. The molecular formula is C39H34N2O2. The van der Waals surface area contributed by atoms with Gasteiger partial charge in [0.05, 0.1) is 6.61 Å². The number of rotatable bonds is 8. The Bertz CT molecular complexity index is 1850. The van der Waals surface area contributed by atoms with Crippen LogP contribution in [0.3, 0.4) is 0 Å². The smallest absolute Gasteiger partial charge is 0.170 e. The summed E-state index contributed by atoms with van der Waals surface area (Å²) in [6, 6.07) is 44.3. The van der Waals surface area contributed by atoms with E-state index in [0.717, 1.165) is 56.5 Å². The molecule has 43 heavy (non-hydrogen) atoms. The third-order valence-corrected chi connectivity index (χ3v) is 7.63. The Morgan fingerprint density at radius 2 is 1.02 bits per heavy atom. The van der Waals surface area contributed by atoms with Crippen LogP contribution in [-0.2, 0) is 0 Å². The minimum atomic E-state index is 0.0884. The van der Waals surface area contributed by atoms with Crippen molar-refractivity contribution in [3.63, 3.8) is 0 Å². The Kier molecular flexibility index (Phi) is 7.84. The maximum Gasteiger partial charge on any atom is 0.170 e. The molecule has 0 amide bonds.